The summed E-state index contributed by atoms with van der Waals surface area (Å²) in [7, 11) is -2.13. The second kappa shape index (κ2) is 8.88. The van der Waals surface area contributed by atoms with Crippen molar-refractivity contribution in [2.24, 2.45) is 0 Å². The molecule has 1 aliphatic heterocycles. The maximum Gasteiger partial charge on any atom is 0.243 e. The molecule has 0 aliphatic carbocycles. The lowest BCUT2D eigenvalue weighted by Crippen LogP contribution is -2.60. The van der Waals surface area contributed by atoms with Gasteiger partial charge in [-0.3, -0.25) is 4.90 Å². The molecule has 0 aromatic heterocycles. The van der Waals surface area contributed by atoms with Crippen molar-refractivity contribution in [1.29, 1.82) is 0 Å². The molecule has 0 N–H and O–H groups in total. The van der Waals surface area contributed by atoms with Gasteiger partial charge in [0.1, 0.15) is 5.82 Å². The van der Waals surface area contributed by atoms with Gasteiger partial charge in [0.05, 0.1) is 17.0 Å². The fourth-order valence-corrected chi connectivity index (χ4v) is 5.39. The lowest BCUT2D eigenvalue weighted by molar-refractivity contribution is 0.0620. The predicted octanol–water partition coefficient (Wildman–Crippen LogP) is 5.23. The molecule has 1 aliphatic rings. The van der Waals surface area contributed by atoms with Crippen molar-refractivity contribution in [3.63, 3.8) is 0 Å². The minimum Gasteiger partial charge on any atom is -0.289 e. The summed E-state index contributed by atoms with van der Waals surface area (Å²) < 4.78 is 40.4. The van der Waals surface area contributed by atoms with E-state index in [-0.39, 0.29) is 17.0 Å². The third-order valence-corrected chi connectivity index (χ3v) is 8.06. The summed E-state index contributed by atoms with van der Waals surface area (Å²) in [5.74, 6) is -0.467. The predicted molar refractivity (Wildman–Crippen MR) is 121 cm³/mol. The summed E-state index contributed by atoms with van der Waals surface area (Å²) in [6, 6.07) is 20.0. The van der Waals surface area contributed by atoms with E-state index >= 15 is 0 Å². The second-order valence-corrected chi connectivity index (χ2v) is 10.5. The SMILES string of the molecule is CN(C1CN(C(c2ccc(Cl)cc2)c2ccc(Cl)cc2)C1)S(=O)(=O)c1ccc(F)cc1. The van der Waals surface area contributed by atoms with Gasteiger partial charge < -0.3 is 0 Å². The fourth-order valence-electron chi connectivity index (χ4n) is 3.80. The summed E-state index contributed by atoms with van der Waals surface area (Å²) in [4.78, 5) is 2.30. The summed E-state index contributed by atoms with van der Waals surface area (Å²) in [5, 5.41) is 1.32. The topological polar surface area (TPSA) is 40.6 Å². The van der Waals surface area contributed by atoms with Crippen LogP contribution in [0.3, 0.4) is 0 Å². The Labute approximate surface area is 191 Å². The fraction of sp³-hybridized carbons (Fsp3) is 0.217. The molecule has 8 heteroatoms. The molecule has 0 spiro atoms. The maximum atomic E-state index is 13.2. The van der Waals surface area contributed by atoms with Crippen LogP contribution in [-0.2, 0) is 10.0 Å². The lowest BCUT2D eigenvalue weighted by atomic mass is 9.93. The van der Waals surface area contributed by atoms with Crippen molar-refractivity contribution >= 4 is 33.2 Å². The monoisotopic (exact) mass is 478 g/mol. The molecule has 4 nitrogen and oxygen atoms in total. The minimum absolute atomic E-state index is 0.0484. The molecule has 1 saturated heterocycles. The van der Waals surface area contributed by atoms with Crippen molar-refractivity contribution in [1.82, 2.24) is 9.21 Å². The van der Waals surface area contributed by atoms with Crippen molar-refractivity contribution < 1.29 is 12.8 Å². The van der Waals surface area contributed by atoms with Gasteiger partial charge in [-0.1, -0.05) is 47.5 Å². The van der Waals surface area contributed by atoms with Gasteiger partial charge in [0, 0.05) is 30.2 Å². The van der Waals surface area contributed by atoms with Crippen molar-refractivity contribution in [2.75, 3.05) is 20.1 Å². The molecule has 0 bridgehead atoms. The zero-order valence-corrected chi connectivity index (χ0v) is 19.1. The van der Waals surface area contributed by atoms with Gasteiger partial charge >= 0.3 is 0 Å². The Kier molecular flexibility index (Phi) is 6.37. The molecule has 0 radical (unpaired) electrons. The second-order valence-electron chi connectivity index (χ2n) is 7.59. The summed E-state index contributed by atoms with van der Waals surface area (Å²) in [6.45, 7) is 1.12. The molecule has 0 unspecified atom stereocenters. The number of likely N-dealkylation sites (tertiary alicyclic amines) is 1. The molecule has 162 valence electrons. The van der Waals surface area contributed by atoms with Crippen LogP contribution in [0.2, 0.25) is 10.0 Å². The highest BCUT2D eigenvalue weighted by molar-refractivity contribution is 7.89. The summed E-state index contributed by atoms with van der Waals surface area (Å²) in [6.07, 6.45) is 0. The van der Waals surface area contributed by atoms with E-state index in [2.05, 4.69) is 4.90 Å². The number of likely N-dealkylation sites (N-methyl/N-ethyl adjacent to an activating group) is 1. The quantitative estimate of drug-likeness (QED) is 0.487. The van der Waals surface area contributed by atoms with E-state index in [4.69, 9.17) is 23.2 Å². The third-order valence-electron chi connectivity index (χ3n) is 5.63. The Balaban J connectivity index is 1.55. The number of hydrogen-bond donors (Lipinski definition) is 0. The van der Waals surface area contributed by atoms with Gasteiger partial charge in [-0.25, -0.2) is 12.8 Å². The average molecular weight is 479 g/mol. The molecular formula is C23H21Cl2FN2O2S. The van der Waals surface area contributed by atoms with E-state index in [0.717, 1.165) is 23.3 Å². The van der Waals surface area contributed by atoms with Gasteiger partial charge in [0.2, 0.25) is 10.0 Å². The Morgan fingerprint density at radius 1 is 0.871 bits per heavy atom. The van der Waals surface area contributed by atoms with Crippen LogP contribution in [-0.4, -0.2) is 43.8 Å². The number of hydrogen-bond acceptors (Lipinski definition) is 3. The molecule has 0 saturated carbocycles. The first kappa shape index (κ1) is 22.2. The van der Waals surface area contributed by atoms with E-state index < -0.39 is 15.8 Å². The molecule has 31 heavy (non-hydrogen) atoms. The third kappa shape index (κ3) is 4.64. The zero-order valence-electron chi connectivity index (χ0n) is 16.8. The van der Waals surface area contributed by atoms with Crippen LogP contribution >= 0.6 is 23.2 Å². The zero-order chi connectivity index (χ0) is 22.2. The average Bonchev–Trinajstić information content (AvgIpc) is 2.72. The largest absolute Gasteiger partial charge is 0.289 e. The van der Waals surface area contributed by atoms with Crippen LogP contribution in [0.15, 0.2) is 77.7 Å². The molecule has 1 heterocycles. The lowest BCUT2D eigenvalue weighted by Gasteiger charge is -2.47. The smallest absolute Gasteiger partial charge is 0.243 e. The molecular weight excluding hydrogens is 458 g/mol. The Hall–Kier alpha value is -1.96. The van der Waals surface area contributed by atoms with Gasteiger partial charge in [-0.15, -0.1) is 0 Å². The summed E-state index contributed by atoms with van der Waals surface area (Å²) in [5.41, 5.74) is 2.13. The minimum atomic E-state index is -3.70. The first-order valence-corrected chi connectivity index (χ1v) is 11.9. The van der Waals surface area contributed by atoms with E-state index in [1.54, 1.807) is 7.05 Å². The number of rotatable bonds is 6. The van der Waals surface area contributed by atoms with E-state index in [9.17, 15) is 12.8 Å². The number of nitrogens with zero attached hydrogens (tertiary/aromatic N) is 2. The first-order valence-electron chi connectivity index (χ1n) is 9.74. The molecule has 3 aromatic carbocycles. The highest BCUT2D eigenvalue weighted by Crippen LogP contribution is 2.35. The van der Waals surface area contributed by atoms with E-state index in [1.807, 2.05) is 48.5 Å². The van der Waals surface area contributed by atoms with Crippen LogP contribution in [0, 0.1) is 5.82 Å². The van der Waals surface area contributed by atoms with Crippen LogP contribution in [0.4, 0.5) is 4.39 Å². The van der Waals surface area contributed by atoms with E-state index in [0.29, 0.717) is 23.1 Å². The maximum absolute atomic E-state index is 13.2. The van der Waals surface area contributed by atoms with Gasteiger partial charge in [0.25, 0.3) is 0 Å². The van der Waals surface area contributed by atoms with Crippen LogP contribution in [0.1, 0.15) is 17.2 Å². The van der Waals surface area contributed by atoms with E-state index in [1.165, 1.54) is 16.4 Å². The molecule has 1 fully saturated rings. The molecule has 0 amide bonds. The van der Waals surface area contributed by atoms with Crippen molar-refractivity contribution in [2.45, 2.75) is 17.0 Å². The van der Waals surface area contributed by atoms with Crippen molar-refractivity contribution in [3.05, 3.63) is 99.8 Å². The van der Waals surface area contributed by atoms with Crippen molar-refractivity contribution in [3.8, 4) is 0 Å². The van der Waals surface area contributed by atoms with Crippen LogP contribution < -0.4 is 0 Å². The van der Waals surface area contributed by atoms with Gasteiger partial charge in [0.15, 0.2) is 0 Å². The standard InChI is InChI=1S/C23H21Cl2FN2O2S/c1-27(31(29,30)22-12-10-20(26)11-13-22)21-14-28(15-21)23(16-2-6-18(24)7-3-16)17-4-8-19(25)9-5-17/h2-13,21,23H,14-15H2,1H3. The Bertz CT molecular complexity index is 1100. The normalized spacial score (nSPS) is 15.4. The number of benzene rings is 3. The van der Waals surface area contributed by atoms with Gasteiger partial charge in [-0.2, -0.15) is 4.31 Å². The molecule has 3 aromatic rings. The molecule has 0 atom stereocenters. The Morgan fingerprint density at radius 2 is 1.32 bits per heavy atom. The molecule has 4 rings (SSSR count). The highest BCUT2D eigenvalue weighted by atomic mass is 35.5. The van der Waals surface area contributed by atoms with Crippen LogP contribution in [0.5, 0.6) is 0 Å². The number of halogens is 3. The number of sulfonamides is 1. The first-order chi connectivity index (χ1) is 14.8. The van der Waals surface area contributed by atoms with Gasteiger partial charge in [-0.05, 0) is 59.7 Å². The summed E-state index contributed by atoms with van der Waals surface area (Å²) >= 11 is 12.1. The van der Waals surface area contributed by atoms with Crippen LogP contribution in [0.25, 0.3) is 0 Å². The highest BCUT2D eigenvalue weighted by Gasteiger charge is 2.40. The Morgan fingerprint density at radius 3 is 1.77 bits per heavy atom.